The molecule has 6 heteroatoms. The first-order valence-electron chi connectivity index (χ1n) is 6.81. The zero-order valence-corrected chi connectivity index (χ0v) is 12.9. The van der Waals surface area contributed by atoms with Crippen molar-refractivity contribution in [2.45, 2.75) is 6.42 Å². The van der Waals surface area contributed by atoms with E-state index in [1.807, 2.05) is 31.6 Å². The number of aromatic nitrogens is 3. The van der Waals surface area contributed by atoms with Crippen LogP contribution in [0.1, 0.15) is 5.56 Å². The van der Waals surface area contributed by atoms with E-state index in [1.165, 1.54) is 5.56 Å². The van der Waals surface area contributed by atoms with Gasteiger partial charge in [-0.25, -0.2) is 4.98 Å². The number of likely N-dealkylation sites (N-methyl/N-ethyl adjacent to an activating group) is 1. The number of hydrogen-bond donors (Lipinski definition) is 1. The predicted octanol–water partition coefficient (Wildman–Crippen LogP) is 2.81. The van der Waals surface area contributed by atoms with Crippen molar-refractivity contribution in [3.8, 4) is 0 Å². The lowest BCUT2D eigenvalue weighted by molar-refractivity contribution is 0.861. The van der Waals surface area contributed by atoms with Gasteiger partial charge in [-0.1, -0.05) is 0 Å². The second-order valence-corrected chi connectivity index (χ2v) is 5.68. The largest absolute Gasteiger partial charge is 0.359 e. The molecule has 0 aliphatic heterocycles. The molecule has 0 unspecified atom stereocenters. The third kappa shape index (κ3) is 2.95. The average molecular weight is 299 g/mol. The van der Waals surface area contributed by atoms with Crippen LogP contribution in [0.15, 0.2) is 36.0 Å². The molecule has 5 nitrogen and oxygen atoms in total. The zero-order valence-electron chi connectivity index (χ0n) is 12.1. The van der Waals surface area contributed by atoms with Gasteiger partial charge in [0.1, 0.15) is 10.6 Å². The third-order valence-corrected chi connectivity index (χ3v) is 4.18. The van der Waals surface area contributed by atoms with Gasteiger partial charge in [-0.3, -0.25) is 4.98 Å². The molecule has 0 atom stereocenters. The highest BCUT2D eigenvalue weighted by Gasteiger charge is 2.12. The highest BCUT2D eigenvalue weighted by atomic mass is 32.1. The van der Waals surface area contributed by atoms with Gasteiger partial charge >= 0.3 is 0 Å². The van der Waals surface area contributed by atoms with E-state index in [4.69, 9.17) is 0 Å². The molecule has 0 bridgehead atoms. The van der Waals surface area contributed by atoms with Crippen molar-refractivity contribution >= 4 is 33.3 Å². The SMILES string of the molecule is CNc1nc(N(C)CCc2ccncc2)c2ccsc2n1. The van der Waals surface area contributed by atoms with E-state index in [0.717, 1.165) is 29.0 Å². The summed E-state index contributed by atoms with van der Waals surface area (Å²) in [5.74, 6) is 1.63. The van der Waals surface area contributed by atoms with Crippen molar-refractivity contribution in [2.24, 2.45) is 0 Å². The van der Waals surface area contributed by atoms with E-state index < -0.39 is 0 Å². The first-order valence-corrected chi connectivity index (χ1v) is 7.69. The summed E-state index contributed by atoms with van der Waals surface area (Å²) in [6.45, 7) is 0.898. The monoisotopic (exact) mass is 299 g/mol. The molecule has 3 heterocycles. The molecule has 3 rings (SSSR count). The number of fused-ring (bicyclic) bond motifs is 1. The Morgan fingerprint density at radius 3 is 2.76 bits per heavy atom. The molecule has 21 heavy (non-hydrogen) atoms. The summed E-state index contributed by atoms with van der Waals surface area (Å²) in [6.07, 6.45) is 4.62. The molecule has 0 radical (unpaired) electrons. The fraction of sp³-hybridized carbons (Fsp3) is 0.267. The number of hydrogen-bond acceptors (Lipinski definition) is 6. The van der Waals surface area contributed by atoms with Gasteiger partial charge in [0.15, 0.2) is 0 Å². The van der Waals surface area contributed by atoms with Crippen LogP contribution >= 0.6 is 11.3 Å². The fourth-order valence-corrected chi connectivity index (χ4v) is 2.95. The van der Waals surface area contributed by atoms with Gasteiger partial charge < -0.3 is 10.2 Å². The van der Waals surface area contributed by atoms with E-state index in [9.17, 15) is 0 Å². The molecular formula is C15H17N5S. The van der Waals surface area contributed by atoms with Crippen molar-refractivity contribution in [3.63, 3.8) is 0 Å². The van der Waals surface area contributed by atoms with Crippen molar-refractivity contribution in [3.05, 3.63) is 41.5 Å². The van der Waals surface area contributed by atoms with E-state index in [2.05, 4.69) is 43.7 Å². The lowest BCUT2D eigenvalue weighted by Crippen LogP contribution is -2.22. The predicted molar refractivity (Wildman–Crippen MR) is 88.2 cm³/mol. The summed E-state index contributed by atoms with van der Waals surface area (Å²) < 4.78 is 0. The molecule has 0 saturated heterocycles. The summed E-state index contributed by atoms with van der Waals surface area (Å²) in [7, 11) is 3.91. The topological polar surface area (TPSA) is 53.9 Å². The van der Waals surface area contributed by atoms with Crippen LogP contribution in [0.3, 0.4) is 0 Å². The smallest absolute Gasteiger partial charge is 0.225 e. The molecule has 108 valence electrons. The van der Waals surface area contributed by atoms with Crippen molar-refractivity contribution < 1.29 is 0 Å². The zero-order chi connectivity index (χ0) is 14.7. The summed E-state index contributed by atoms with van der Waals surface area (Å²) in [5, 5.41) is 6.19. The first-order chi connectivity index (χ1) is 10.3. The lowest BCUT2D eigenvalue weighted by atomic mass is 10.2. The number of nitrogens with zero attached hydrogens (tertiary/aromatic N) is 4. The second kappa shape index (κ2) is 6.05. The maximum absolute atomic E-state index is 4.60. The van der Waals surface area contributed by atoms with Gasteiger partial charge in [-0.05, 0) is 35.6 Å². The third-order valence-electron chi connectivity index (χ3n) is 3.38. The minimum Gasteiger partial charge on any atom is -0.359 e. The lowest BCUT2D eigenvalue weighted by Gasteiger charge is -2.19. The Balaban J connectivity index is 1.83. The van der Waals surface area contributed by atoms with Gasteiger partial charge in [-0.15, -0.1) is 11.3 Å². The van der Waals surface area contributed by atoms with Crippen LogP contribution in [-0.2, 0) is 6.42 Å². The normalized spacial score (nSPS) is 10.8. The summed E-state index contributed by atoms with van der Waals surface area (Å²) in [6, 6.07) is 6.18. The van der Waals surface area contributed by atoms with E-state index in [0.29, 0.717) is 5.95 Å². The van der Waals surface area contributed by atoms with E-state index in [1.54, 1.807) is 11.3 Å². The summed E-state index contributed by atoms with van der Waals surface area (Å²) in [4.78, 5) is 16.3. The quantitative estimate of drug-likeness (QED) is 0.785. The molecule has 0 amide bonds. The number of nitrogens with one attached hydrogen (secondary N) is 1. The molecule has 0 aliphatic rings. The van der Waals surface area contributed by atoms with Crippen LogP contribution < -0.4 is 10.2 Å². The number of anilines is 2. The second-order valence-electron chi connectivity index (χ2n) is 4.79. The average Bonchev–Trinajstić information content (AvgIpc) is 3.01. The summed E-state index contributed by atoms with van der Waals surface area (Å²) in [5.41, 5.74) is 1.28. The standard InChI is InChI=1S/C15H17N5S/c1-16-15-18-13(12-6-10-21-14(12)19-15)20(2)9-5-11-3-7-17-8-4-11/h3-4,6-8,10H,5,9H2,1-2H3,(H,16,18,19). The molecule has 1 N–H and O–H groups in total. The maximum atomic E-state index is 4.60. The van der Waals surface area contributed by atoms with E-state index >= 15 is 0 Å². The van der Waals surface area contributed by atoms with Crippen molar-refractivity contribution in [2.75, 3.05) is 30.9 Å². The number of thiophene rings is 1. The Morgan fingerprint density at radius 2 is 2.00 bits per heavy atom. The molecular weight excluding hydrogens is 282 g/mol. The van der Waals surface area contributed by atoms with Crippen molar-refractivity contribution in [1.29, 1.82) is 0 Å². The van der Waals surface area contributed by atoms with Gasteiger partial charge in [0.25, 0.3) is 0 Å². The molecule has 3 aromatic heterocycles. The molecule has 3 aromatic rings. The fourth-order valence-electron chi connectivity index (χ4n) is 2.19. The van der Waals surface area contributed by atoms with Gasteiger partial charge in [0.05, 0.1) is 5.39 Å². The summed E-state index contributed by atoms with van der Waals surface area (Å²) >= 11 is 1.64. The van der Waals surface area contributed by atoms with Crippen LogP contribution in [-0.4, -0.2) is 35.6 Å². The number of rotatable bonds is 5. The van der Waals surface area contributed by atoms with Crippen LogP contribution in [0, 0.1) is 0 Å². The Labute approximate surface area is 127 Å². The molecule has 0 spiro atoms. The number of pyridine rings is 1. The molecule has 0 saturated carbocycles. The molecule has 0 aromatic carbocycles. The highest BCUT2D eigenvalue weighted by molar-refractivity contribution is 7.16. The maximum Gasteiger partial charge on any atom is 0.225 e. The Hall–Kier alpha value is -2.21. The Morgan fingerprint density at radius 1 is 1.19 bits per heavy atom. The molecule has 0 aliphatic carbocycles. The van der Waals surface area contributed by atoms with Crippen molar-refractivity contribution in [1.82, 2.24) is 15.0 Å². The Bertz CT molecular complexity index is 725. The first kappa shape index (κ1) is 13.8. The van der Waals surface area contributed by atoms with Gasteiger partial charge in [0, 0.05) is 33.0 Å². The van der Waals surface area contributed by atoms with Gasteiger partial charge in [0.2, 0.25) is 5.95 Å². The van der Waals surface area contributed by atoms with Crippen LogP contribution in [0.4, 0.5) is 11.8 Å². The molecule has 0 fully saturated rings. The minimum absolute atomic E-state index is 0.663. The van der Waals surface area contributed by atoms with Gasteiger partial charge in [-0.2, -0.15) is 4.98 Å². The minimum atomic E-state index is 0.663. The van der Waals surface area contributed by atoms with Crippen LogP contribution in [0.2, 0.25) is 0 Å². The van der Waals surface area contributed by atoms with Crippen LogP contribution in [0.5, 0.6) is 0 Å². The van der Waals surface area contributed by atoms with Crippen LogP contribution in [0.25, 0.3) is 10.2 Å². The highest BCUT2D eigenvalue weighted by Crippen LogP contribution is 2.28. The van der Waals surface area contributed by atoms with E-state index in [-0.39, 0.29) is 0 Å². The Kier molecular flexibility index (Phi) is 3.96.